The number of amides is 1. The first-order valence-electron chi connectivity index (χ1n) is 10.7. The topological polar surface area (TPSA) is 85.1 Å². The van der Waals surface area contributed by atoms with Crippen molar-refractivity contribution in [2.24, 2.45) is 0 Å². The Morgan fingerprint density at radius 2 is 1.71 bits per heavy atom. The van der Waals surface area contributed by atoms with Crippen molar-refractivity contribution in [3.63, 3.8) is 0 Å². The average Bonchev–Trinajstić information content (AvgIpc) is 3.23. The Labute approximate surface area is 198 Å². The summed E-state index contributed by atoms with van der Waals surface area (Å²) in [6, 6.07) is 15.2. The Morgan fingerprint density at radius 3 is 2.40 bits per heavy atom. The van der Waals surface area contributed by atoms with Crippen LogP contribution in [0.4, 0.5) is 13.2 Å². The lowest BCUT2D eigenvalue weighted by molar-refractivity contribution is -0.274. The minimum Gasteiger partial charge on any atom is -0.487 e. The first-order valence-corrected chi connectivity index (χ1v) is 10.7. The summed E-state index contributed by atoms with van der Waals surface area (Å²) in [4.78, 5) is 16.9. The molecular formula is C25H22F3N3O4. The number of fused-ring (bicyclic) bond motifs is 1. The van der Waals surface area contributed by atoms with E-state index < -0.39 is 24.1 Å². The van der Waals surface area contributed by atoms with E-state index in [1.54, 1.807) is 24.3 Å². The molecule has 4 rings (SSSR count). The van der Waals surface area contributed by atoms with Crippen molar-refractivity contribution in [3.8, 4) is 11.5 Å². The van der Waals surface area contributed by atoms with Crippen molar-refractivity contribution in [1.29, 1.82) is 0 Å². The Bertz CT molecular complexity index is 1300. The van der Waals surface area contributed by atoms with Crippen LogP contribution in [0.1, 0.15) is 33.3 Å². The maximum absolute atomic E-state index is 12.4. The van der Waals surface area contributed by atoms with Gasteiger partial charge in [-0.05, 0) is 60.5 Å². The number of ether oxygens (including phenoxy) is 2. The van der Waals surface area contributed by atoms with E-state index in [0.29, 0.717) is 16.9 Å². The van der Waals surface area contributed by atoms with Crippen LogP contribution < -0.4 is 14.8 Å². The lowest BCUT2D eigenvalue weighted by Gasteiger charge is -2.14. The summed E-state index contributed by atoms with van der Waals surface area (Å²) in [5.74, 6) is -0.240. The van der Waals surface area contributed by atoms with E-state index in [1.165, 1.54) is 12.1 Å². The van der Waals surface area contributed by atoms with Gasteiger partial charge in [-0.1, -0.05) is 18.2 Å². The zero-order valence-electron chi connectivity index (χ0n) is 18.6. The molecule has 0 saturated heterocycles. The Hall–Kier alpha value is -4.05. The van der Waals surface area contributed by atoms with Gasteiger partial charge >= 0.3 is 6.36 Å². The van der Waals surface area contributed by atoms with Gasteiger partial charge in [0.15, 0.2) is 0 Å². The predicted molar refractivity (Wildman–Crippen MR) is 121 cm³/mol. The largest absolute Gasteiger partial charge is 0.573 e. The highest BCUT2D eigenvalue weighted by molar-refractivity contribution is 5.94. The highest BCUT2D eigenvalue weighted by Gasteiger charge is 2.31. The molecule has 182 valence electrons. The van der Waals surface area contributed by atoms with Gasteiger partial charge in [0.2, 0.25) is 0 Å². The van der Waals surface area contributed by atoms with Gasteiger partial charge in [0, 0.05) is 24.5 Å². The molecule has 4 aromatic rings. The number of hydrogen-bond acceptors (Lipinski definition) is 5. The molecule has 35 heavy (non-hydrogen) atoms. The van der Waals surface area contributed by atoms with Crippen LogP contribution in [-0.2, 0) is 6.61 Å². The van der Waals surface area contributed by atoms with Crippen LogP contribution in [0.15, 0.2) is 73.1 Å². The van der Waals surface area contributed by atoms with E-state index in [2.05, 4.69) is 15.0 Å². The van der Waals surface area contributed by atoms with Gasteiger partial charge in [0.1, 0.15) is 23.8 Å². The maximum atomic E-state index is 12.4. The van der Waals surface area contributed by atoms with E-state index in [1.807, 2.05) is 35.9 Å². The molecule has 7 nitrogen and oxygen atoms in total. The average molecular weight is 485 g/mol. The Kier molecular flexibility index (Phi) is 6.92. The van der Waals surface area contributed by atoms with E-state index >= 15 is 0 Å². The minimum atomic E-state index is -4.79. The van der Waals surface area contributed by atoms with E-state index in [0.717, 1.165) is 29.0 Å². The molecule has 0 aliphatic carbocycles. The molecule has 1 atom stereocenters. The molecule has 0 aliphatic rings. The van der Waals surface area contributed by atoms with Crippen LogP contribution in [-0.4, -0.2) is 33.3 Å². The zero-order valence-corrected chi connectivity index (χ0v) is 18.6. The molecule has 10 heteroatoms. The van der Waals surface area contributed by atoms with Crippen LogP contribution in [0.2, 0.25) is 0 Å². The summed E-state index contributed by atoms with van der Waals surface area (Å²) >= 11 is 0. The number of carbonyl (C=O) groups is 1. The van der Waals surface area contributed by atoms with Crippen molar-refractivity contribution in [2.45, 2.75) is 26.0 Å². The van der Waals surface area contributed by atoms with Crippen LogP contribution in [0, 0.1) is 6.92 Å². The third-order valence-electron chi connectivity index (χ3n) is 5.11. The maximum Gasteiger partial charge on any atom is 0.573 e. The second-order valence-corrected chi connectivity index (χ2v) is 7.86. The lowest BCUT2D eigenvalue weighted by Crippen LogP contribution is -2.28. The normalized spacial score (nSPS) is 12.4. The lowest BCUT2D eigenvalue weighted by atomic mass is 10.1. The molecule has 2 heterocycles. The van der Waals surface area contributed by atoms with Gasteiger partial charge in [0.05, 0.1) is 11.8 Å². The fourth-order valence-electron chi connectivity index (χ4n) is 3.39. The number of pyridine rings is 1. The summed E-state index contributed by atoms with van der Waals surface area (Å²) in [6.07, 6.45) is -2.02. The molecule has 0 bridgehead atoms. The molecule has 1 unspecified atom stereocenters. The summed E-state index contributed by atoms with van der Waals surface area (Å²) in [7, 11) is 0. The molecule has 2 N–H and O–H groups in total. The standard InChI is InChI=1S/C25H22F3N3O4/c1-16-2-11-23-30-19(14-31(23)13-16)15-34-20-7-5-18(6-8-20)24(33)29-12-22(32)17-3-9-21(10-4-17)35-25(26,27)28/h2-11,13-14,22,32H,12,15H2,1H3,(H,29,33). The number of aromatic nitrogens is 2. The summed E-state index contributed by atoms with van der Waals surface area (Å²) in [5, 5.41) is 12.8. The highest BCUT2D eigenvalue weighted by atomic mass is 19.4. The van der Waals surface area contributed by atoms with Crippen molar-refractivity contribution in [3.05, 3.63) is 95.4 Å². The van der Waals surface area contributed by atoms with Gasteiger partial charge in [-0.25, -0.2) is 4.98 Å². The molecule has 0 spiro atoms. The van der Waals surface area contributed by atoms with Crippen LogP contribution >= 0.6 is 0 Å². The number of benzene rings is 2. The van der Waals surface area contributed by atoms with E-state index in [-0.39, 0.29) is 13.2 Å². The summed E-state index contributed by atoms with van der Waals surface area (Å²) in [6.45, 7) is 2.15. The third-order valence-corrected chi connectivity index (χ3v) is 5.11. The SMILES string of the molecule is Cc1ccc2nc(COc3ccc(C(=O)NCC(O)c4ccc(OC(F)(F)F)cc4)cc3)cn2c1. The Balaban J connectivity index is 1.27. The van der Waals surface area contributed by atoms with E-state index in [4.69, 9.17) is 4.74 Å². The third kappa shape index (κ3) is 6.51. The number of nitrogens with one attached hydrogen (secondary N) is 1. The monoisotopic (exact) mass is 485 g/mol. The number of aliphatic hydroxyl groups is 1. The number of carbonyl (C=O) groups excluding carboxylic acids is 1. The van der Waals surface area contributed by atoms with Gasteiger partial charge in [-0.15, -0.1) is 13.2 Å². The molecule has 0 fully saturated rings. The summed E-state index contributed by atoms with van der Waals surface area (Å²) < 4.78 is 48.2. The summed E-state index contributed by atoms with van der Waals surface area (Å²) in [5.41, 5.74) is 3.42. The number of imidazole rings is 1. The molecule has 0 radical (unpaired) electrons. The number of aliphatic hydroxyl groups excluding tert-OH is 1. The fraction of sp³-hybridized carbons (Fsp3) is 0.200. The molecule has 2 aromatic carbocycles. The quantitative estimate of drug-likeness (QED) is 0.382. The number of halogens is 3. The highest BCUT2D eigenvalue weighted by Crippen LogP contribution is 2.24. The molecule has 2 aromatic heterocycles. The number of alkyl halides is 3. The number of aryl methyl sites for hydroxylation is 1. The van der Waals surface area contributed by atoms with Crippen molar-refractivity contribution in [2.75, 3.05) is 6.54 Å². The van der Waals surface area contributed by atoms with Gasteiger partial charge in [0.25, 0.3) is 5.91 Å². The predicted octanol–water partition coefficient (Wildman–Crippen LogP) is 4.58. The molecular weight excluding hydrogens is 463 g/mol. The van der Waals surface area contributed by atoms with Gasteiger partial charge < -0.3 is 24.3 Å². The van der Waals surface area contributed by atoms with Crippen LogP contribution in [0.5, 0.6) is 11.5 Å². The zero-order chi connectivity index (χ0) is 25.0. The first kappa shape index (κ1) is 24.1. The second kappa shape index (κ2) is 10.1. The minimum absolute atomic E-state index is 0.121. The van der Waals surface area contributed by atoms with E-state index in [9.17, 15) is 23.1 Å². The van der Waals surface area contributed by atoms with Crippen molar-refractivity contribution >= 4 is 11.6 Å². The van der Waals surface area contributed by atoms with Gasteiger partial charge in [-0.3, -0.25) is 4.79 Å². The molecule has 1 amide bonds. The second-order valence-electron chi connectivity index (χ2n) is 7.86. The van der Waals surface area contributed by atoms with Crippen LogP contribution in [0.25, 0.3) is 5.65 Å². The number of nitrogens with zero attached hydrogens (tertiary/aromatic N) is 2. The fourth-order valence-corrected chi connectivity index (χ4v) is 3.39. The van der Waals surface area contributed by atoms with Crippen molar-refractivity contribution < 1.29 is 32.5 Å². The van der Waals surface area contributed by atoms with Crippen molar-refractivity contribution in [1.82, 2.24) is 14.7 Å². The smallest absolute Gasteiger partial charge is 0.487 e. The molecule has 0 saturated carbocycles. The van der Waals surface area contributed by atoms with Gasteiger partial charge in [-0.2, -0.15) is 0 Å². The Morgan fingerprint density at radius 1 is 1.03 bits per heavy atom. The van der Waals surface area contributed by atoms with Crippen LogP contribution in [0.3, 0.4) is 0 Å². The number of hydrogen-bond donors (Lipinski definition) is 2. The number of rotatable bonds is 8. The first-order chi connectivity index (χ1) is 16.7. The molecule has 0 aliphatic heterocycles.